The van der Waals surface area contributed by atoms with E-state index < -0.39 is 0 Å². The third-order valence-electron chi connectivity index (χ3n) is 2.85. The molecule has 112 valence electrons. The topological polar surface area (TPSA) is 55.1 Å². The van der Waals surface area contributed by atoms with Crippen LogP contribution >= 0.6 is 23.1 Å². The summed E-state index contributed by atoms with van der Waals surface area (Å²) in [6.45, 7) is 1.50. The van der Waals surface area contributed by atoms with Crippen LogP contribution in [0.15, 0.2) is 57.4 Å². The number of hydrogen-bond donors (Lipinski definition) is 1. The first-order valence-corrected chi connectivity index (χ1v) is 8.56. The number of amides is 1. The van der Waals surface area contributed by atoms with Crippen molar-refractivity contribution in [1.82, 2.24) is 4.98 Å². The highest BCUT2D eigenvalue weighted by atomic mass is 32.2. The Morgan fingerprint density at radius 2 is 2.14 bits per heavy atom. The van der Waals surface area contributed by atoms with E-state index in [1.54, 1.807) is 29.4 Å². The Bertz CT molecular complexity index is 749. The average Bonchev–Trinajstić information content (AvgIpc) is 3.17. The van der Waals surface area contributed by atoms with Gasteiger partial charge in [-0.3, -0.25) is 4.79 Å². The maximum atomic E-state index is 11.0. The van der Waals surface area contributed by atoms with Gasteiger partial charge in [-0.05, 0) is 35.7 Å². The highest BCUT2D eigenvalue weighted by Crippen LogP contribution is 2.27. The third-order valence-corrected chi connectivity index (χ3v) is 4.75. The Kier molecular flexibility index (Phi) is 4.60. The first kappa shape index (κ1) is 14.9. The number of nitrogens with one attached hydrogen (secondary N) is 1. The molecule has 2 aromatic heterocycles. The first-order valence-electron chi connectivity index (χ1n) is 6.69. The van der Waals surface area contributed by atoms with Crippen molar-refractivity contribution in [3.63, 3.8) is 0 Å². The van der Waals surface area contributed by atoms with E-state index in [-0.39, 0.29) is 5.91 Å². The fourth-order valence-electron chi connectivity index (χ4n) is 1.88. The van der Waals surface area contributed by atoms with E-state index in [9.17, 15) is 4.79 Å². The van der Waals surface area contributed by atoms with Gasteiger partial charge in [-0.25, -0.2) is 4.98 Å². The molecule has 1 aromatic carbocycles. The van der Waals surface area contributed by atoms with Gasteiger partial charge in [-0.1, -0.05) is 6.07 Å². The van der Waals surface area contributed by atoms with Gasteiger partial charge in [0.2, 0.25) is 11.8 Å². The number of oxazole rings is 1. The molecule has 6 heteroatoms. The van der Waals surface area contributed by atoms with Crippen LogP contribution in [-0.2, 0) is 10.5 Å². The van der Waals surface area contributed by atoms with E-state index in [1.165, 1.54) is 6.92 Å². The summed E-state index contributed by atoms with van der Waals surface area (Å²) in [5.41, 5.74) is 1.72. The molecule has 1 N–H and O–H groups in total. The number of nitrogens with zero attached hydrogens (tertiary/aromatic N) is 1. The molecule has 0 unspecified atom stereocenters. The van der Waals surface area contributed by atoms with Crippen LogP contribution in [0.25, 0.3) is 10.8 Å². The lowest BCUT2D eigenvalue weighted by atomic mass is 10.3. The summed E-state index contributed by atoms with van der Waals surface area (Å²) in [4.78, 5) is 17.6. The van der Waals surface area contributed by atoms with Gasteiger partial charge < -0.3 is 9.73 Å². The van der Waals surface area contributed by atoms with Gasteiger partial charge in [0.1, 0.15) is 6.26 Å². The van der Waals surface area contributed by atoms with Crippen molar-refractivity contribution in [1.29, 1.82) is 0 Å². The van der Waals surface area contributed by atoms with Crippen LogP contribution in [0.2, 0.25) is 0 Å². The van der Waals surface area contributed by atoms with Gasteiger partial charge in [0.25, 0.3) is 0 Å². The molecule has 0 atom stereocenters. The van der Waals surface area contributed by atoms with Gasteiger partial charge in [-0.2, -0.15) is 0 Å². The van der Waals surface area contributed by atoms with E-state index >= 15 is 0 Å². The van der Waals surface area contributed by atoms with E-state index in [4.69, 9.17) is 4.42 Å². The Morgan fingerprint density at radius 1 is 1.32 bits per heavy atom. The second kappa shape index (κ2) is 6.81. The monoisotopic (exact) mass is 330 g/mol. The van der Waals surface area contributed by atoms with Gasteiger partial charge >= 0.3 is 0 Å². The number of hydrogen-bond acceptors (Lipinski definition) is 5. The van der Waals surface area contributed by atoms with Crippen molar-refractivity contribution < 1.29 is 9.21 Å². The molecule has 0 aliphatic heterocycles. The first-order chi connectivity index (χ1) is 10.7. The minimum Gasteiger partial charge on any atom is -0.444 e. The van der Waals surface area contributed by atoms with E-state index in [0.717, 1.165) is 26.9 Å². The summed E-state index contributed by atoms with van der Waals surface area (Å²) >= 11 is 3.29. The molecule has 4 nitrogen and oxygen atoms in total. The Morgan fingerprint density at radius 3 is 2.82 bits per heavy atom. The second-order valence-corrected chi connectivity index (χ2v) is 6.61. The van der Waals surface area contributed by atoms with Gasteiger partial charge in [-0.15, -0.1) is 23.1 Å². The Balaban J connectivity index is 1.59. The zero-order valence-corrected chi connectivity index (χ0v) is 13.5. The standard InChI is InChI=1S/C16H14N2O2S2/c1-11(19)17-12-4-6-14(7-5-12)22-10-13-9-20-16(18-13)15-3-2-8-21-15/h2-9H,10H2,1H3,(H,17,19). The maximum absolute atomic E-state index is 11.0. The number of aromatic nitrogens is 1. The number of thiophene rings is 1. The summed E-state index contributed by atoms with van der Waals surface area (Å²) < 4.78 is 5.50. The summed E-state index contributed by atoms with van der Waals surface area (Å²) in [5, 5.41) is 4.75. The van der Waals surface area contributed by atoms with E-state index in [1.807, 2.05) is 41.8 Å². The number of benzene rings is 1. The predicted octanol–water partition coefficient (Wildman–Crippen LogP) is 4.65. The smallest absolute Gasteiger partial charge is 0.236 e. The molecule has 0 aliphatic carbocycles. The quantitative estimate of drug-likeness (QED) is 0.692. The highest BCUT2D eigenvalue weighted by molar-refractivity contribution is 7.98. The average molecular weight is 330 g/mol. The molecule has 22 heavy (non-hydrogen) atoms. The molecule has 0 bridgehead atoms. The fraction of sp³-hybridized carbons (Fsp3) is 0.125. The summed E-state index contributed by atoms with van der Waals surface area (Å²) in [6.07, 6.45) is 1.70. The molecule has 0 fully saturated rings. The van der Waals surface area contributed by atoms with E-state index in [0.29, 0.717) is 5.89 Å². The van der Waals surface area contributed by atoms with Crippen LogP contribution in [0.1, 0.15) is 12.6 Å². The van der Waals surface area contributed by atoms with Crippen LogP contribution in [0.5, 0.6) is 0 Å². The predicted molar refractivity (Wildman–Crippen MR) is 90.1 cm³/mol. The molecule has 0 saturated heterocycles. The molecule has 0 saturated carbocycles. The Labute approximate surface area is 136 Å². The molecule has 0 radical (unpaired) electrons. The van der Waals surface area contributed by atoms with Crippen LogP contribution in [0.3, 0.4) is 0 Å². The zero-order chi connectivity index (χ0) is 15.4. The van der Waals surface area contributed by atoms with Crippen molar-refractivity contribution in [2.75, 3.05) is 5.32 Å². The van der Waals surface area contributed by atoms with Crippen LogP contribution in [0, 0.1) is 0 Å². The van der Waals surface area contributed by atoms with Crippen molar-refractivity contribution >= 4 is 34.7 Å². The lowest BCUT2D eigenvalue weighted by molar-refractivity contribution is -0.114. The van der Waals surface area contributed by atoms with Crippen molar-refractivity contribution in [2.24, 2.45) is 0 Å². The number of anilines is 1. The lowest BCUT2D eigenvalue weighted by Crippen LogP contribution is -2.05. The molecule has 3 rings (SSSR count). The number of carbonyl (C=O) groups excluding carboxylic acids is 1. The van der Waals surface area contributed by atoms with Gasteiger partial charge in [0.15, 0.2) is 0 Å². The van der Waals surface area contributed by atoms with Crippen LogP contribution in [-0.4, -0.2) is 10.9 Å². The van der Waals surface area contributed by atoms with Crippen LogP contribution in [0.4, 0.5) is 5.69 Å². The summed E-state index contributed by atoms with van der Waals surface area (Å²) in [5.74, 6) is 1.35. The van der Waals surface area contributed by atoms with Gasteiger partial charge in [0.05, 0.1) is 10.6 Å². The highest BCUT2D eigenvalue weighted by Gasteiger charge is 2.08. The fourth-order valence-corrected chi connectivity index (χ4v) is 3.31. The maximum Gasteiger partial charge on any atom is 0.236 e. The molecular weight excluding hydrogens is 316 g/mol. The van der Waals surface area contributed by atoms with Crippen molar-refractivity contribution in [3.05, 3.63) is 53.7 Å². The number of carbonyl (C=O) groups is 1. The van der Waals surface area contributed by atoms with Crippen molar-refractivity contribution in [2.45, 2.75) is 17.6 Å². The molecule has 1 amide bonds. The SMILES string of the molecule is CC(=O)Nc1ccc(SCc2coc(-c3cccs3)n2)cc1. The lowest BCUT2D eigenvalue weighted by Gasteiger charge is -2.03. The molecular formula is C16H14N2O2S2. The summed E-state index contributed by atoms with van der Waals surface area (Å²) in [6, 6.07) is 11.7. The largest absolute Gasteiger partial charge is 0.444 e. The minimum absolute atomic E-state index is 0.0656. The Hall–Kier alpha value is -2.05. The number of rotatable bonds is 5. The van der Waals surface area contributed by atoms with Crippen molar-refractivity contribution in [3.8, 4) is 10.8 Å². The molecule has 2 heterocycles. The second-order valence-electron chi connectivity index (χ2n) is 4.62. The molecule has 0 aliphatic rings. The number of thioether (sulfide) groups is 1. The molecule has 0 spiro atoms. The minimum atomic E-state index is -0.0656. The van der Waals surface area contributed by atoms with Gasteiger partial charge in [0, 0.05) is 23.3 Å². The third kappa shape index (κ3) is 3.78. The zero-order valence-electron chi connectivity index (χ0n) is 11.9. The normalized spacial score (nSPS) is 10.6. The summed E-state index contributed by atoms with van der Waals surface area (Å²) in [7, 11) is 0. The molecule has 3 aromatic rings. The van der Waals surface area contributed by atoms with Crippen LogP contribution < -0.4 is 5.32 Å². The van der Waals surface area contributed by atoms with E-state index in [2.05, 4.69) is 10.3 Å².